The highest BCUT2D eigenvalue weighted by atomic mass is 35.5. The number of anilines is 1. The number of nitrogens with one attached hydrogen (secondary N) is 2. The molecule has 2 aliphatic rings. The Balaban J connectivity index is 1.92. The Morgan fingerprint density at radius 1 is 1.26 bits per heavy atom. The summed E-state index contributed by atoms with van der Waals surface area (Å²) in [5, 5.41) is 0.521. The highest BCUT2D eigenvalue weighted by molar-refractivity contribution is 6.30. The number of rotatable bonds is 2. The molecule has 104 valence electrons. The summed E-state index contributed by atoms with van der Waals surface area (Å²) in [6.07, 6.45) is 6.35. The second kappa shape index (κ2) is 5.17. The second-order valence-electron chi connectivity index (χ2n) is 5.49. The number of hydrazine groups is 1. The number of nitrogens with zero attached hydrogens (tertiary/aromatic N) is 1. The van der Waals surface area contributed by atoms with E-state index in [-0.39, 0.29) is 12.1 Å². The van der Waals surface area contributed by atoms with Crippen LogP contribution in [0.5, 0.6) is 5.88 Å². The SMILES string of the molecule is Cc1c(Cl)nc(OC2CCCCC2)c2c1NNC2C. The fourth-order valence-corrected chi connectivity index (χ4v) is 3.06. The van der Waals surface area contributed by atoms with Crippen molar-refractivity contribution in [3.8, 4) is 5.88 Å². The molecule has 2 N–H and O–H groups in total. The van der Waals surface area contributed by atoms with Crippen LogP contribution in [0.25, 0.3) is 0 Å². The zero-order chi connectivity index (χ0) is 13.4. The molecule has 0 amide bonds. The maximum Gasteiger partial charge on any atom is 0.222 e. The van der Waals surface area contributed by atoms with E-state index in [9.17, 15) is 0 Å². The summed E-state index contributed by atoms with van der Waals surface area (Å²) in [5.74, 6) is 0.697. The molecule has 0 bridgehead atoms. The monoisotopic (exact) mass is 281 g/mol. The normalized spacial score (nSPS) is 23.0. The standard InChI is InChI=1S/C14H20ClN3O/c1-8-12-11(9(2)17-18-12)14(16-13(8)15)19-10-6-4-3-5-7-10/h9-10,17-18H,3-7H2,1-2H3. The first-order valence-electron chi connectivity index (χ1n) is 7.05. The Labute approximate surface area is 118 Å². The van der Waals surface area contributed by atoms with Gasteiger partial charge in [-0.3, -0.25) is 0 Å². The summed E-state index contributed by atoms with van der Waals surface area (Å²) >= 11 is 6.20. The van der Waals surface area contributed by atoms with Gasteiger partial charge in [-0.25, -0.2) is 10.4 Å². The number of fused-ring (bicyclic) bond motifs is 1. The van der Waals surface area contributed by atoms with E-state index in [1.54, 1.807) is 0 Å². The van der Waals surface area contributed by atoms with E-state index in [0.29, 0.717) is 11.0 Å². The molecule has 3 rings (SSSR count). The number of pyridine rings is 1. The molecule has 4 nitrogen and oxygen atoms in total. The zero-order valence-electron chi connectivity index (χ0n) is 11.4. The lowest BCUT2D eigenvalue weighted by molar-refractivity contribution is 0.147. The van der Waals surface area contributed by atoms with Crippen molar-refractivity contribution in [2.45, 2.75) is 58.1 Å². The predicted octanol–water partition coefficient (Wildman–Crippen LogP) is 3.75. The molecule has 2 heterocycles. The quantitative estimate of drug-likeness (QED) is 0.811. The minimum Gasteiger partial charge on any atom is -0.474 e. The van der Waals surface area contributed by atoms with Crippen LogP contribution in [0.15, 0.2) is 0 Å². The largest absolute Gasteiger partial charge is 0.474 e. The predicted molar refractivity (Wildman–Crippen MR) is 76.7 cm³/mol. The Bertz CT molecular complexity index is 486. The number of halogens is 1. The Kier molecular flexibility index (Phi) is 3.54. The van der Waals surface area contributed by atoms with Crippen molar-refractivity contribution in [3.05, 3.63) is 16.3 Å². The first-order valence-corrected chi connectivity index (χ1v) is 7.43. The molecule has 19 heavy (non-hydrogen) atoms. The molecule has 1 aromatic heterocycles. The highest BCUT2D eigenvalue weighted by Gasteiger charge is 2.28. The molecule has 1 atom stereocenters. The minimum atomic E-state index is 0.192. The topological polar surface area (TPSA) is 46.2 Å². The van der Waals surface area contributed by atoms with Gasteiger partial charge in [0.05, 0.1) is 17.3 Å². The van der Waals surface area contributed by atoms with Crippen molar-refractivity contribution < 1.29 is 4.74 Å². The van der Waals surface area contributed by atoms with Gasteiger partial charge >= 0.3 is 0 Å². The molecular weight excluding hydrogens is 262 g/mol. The van der Waals surface area contributed by atoms with E-state index in [2.05, 4.69) is 22.8 Å². The van der Waals surface area contributed by atoms with Gasteiger partial charge in [0, 0.05) is 5.56 Å². The third-order valence-corrected chi connectivity index (χ3v) is 4.43. The fraction of sp³-hybridized carbons (Fsp3) is 0.643. The van der Waals surface area contributed by atoms with Gasteiger partial charge in [0.25, 0.3) is 0 Å². The van der Waals surface area contributed by atoms with Crippen LogP contribution < -0.4 is 15.6 Å². The number of aromatic nitrogens is 1. The van der Waals surface area contributed by atoms with Crippen LogP contribution in [0.2, 0.25) is 5.15 Å². The smallest absolute Gasteiger partial charge is 0.222 e. The number of hydrogen-bond acceptors (Lipinski definition) is 4. The molecule has 1 aliphatic heterocycles. The van der Waals surface area contributed by atoms with Gasteiger partial charge < -0.3 is 10.2 Å². The molecule has 0 aromatic carbocycles. The number of hydrogen-bond donors (Lipinski definition) is 2. The molecular formula is C14H20ClN3O. The zero-order valence-corrected chi connectivity index (χ0v) is 12.2. The Morgan fingerprint density at radius 2 is 2.00 bits per heavy atom. The second-order valence-corrected chi connectivity index (χ2v) is 5.85. The van der Waals surface area contributed by atoms with Gasteiger partial charge in [-0.05, 0) is 39.5 Å². The third-order valence-electron chi connectivity index (χ3n) is 4.06. The lowest BCUT2D eigenvalue weighted by atomic mass is 9.97. The molecule has 1 fully saturated rings. The van der Waals surface area contributed by atoms with Crippen LogP contribution in [-0.2, 0) is 0 Å². The van der Waals surface area contributed by atoms with Gasteiger partial charge in [-0.15, -0.1) is 0 Å². The molecule has 0 radical (unpaired) electrons. The average molecular weight is 282 g/mol. The van der Waals surface area contributed by atoms with Gasteiger partial charge in [-0.1, -0.05) is 18.0 Å². The lowest BCUT2D eigenvalue weighted by Crippen LogP contribution is -2.21. The summed E-state index contributed by atoms with van der Waals surface area (Å²) in [6.45, 7) is 4.08. The van der Waals surface area contributed by atoms with Crippen LogP contribution in [0.1, 0.15) is 56.2 Å². The van der Waals surface area contributed by atoms with Crippen LogP contribution >= 0.6 is 11.6 Å². The number of ether oxygens (including phenoxy) is 1. The van der Waals surface area contributed by atoms with Crippen molar-refractivity contribution in [2.24, 2.45) is 0 Å². The first kappa shape index (κ1) is 13.0. The summed E-state index contributed by atoms with van der Waals surface area (Å²) in [4.78, 5) is 4.45. The van der Waals surface area contributed by atoms with E-state index in [1.165, 1.54) is 19.3 Å². The Hall–Kier alpha value is -1.00. The van der Waals surface area contributed by atoms with Crippen molar-refractivity contribution in [2.75, 3.05) is 5.43 Å². The summed E-state index contributed by atoms with van der Waals surface area (Å²) in [7, 11) is 0. The molecule has 5 heteroatoms. The van der Waals surface area contributed by atoms with Crippen LogP contribution in [0.3, 0.4) is 0 Å². The summed E-state index contributed by atoms with van der Waals surface area (Å²) < 4.78 is 6.13. The van der Waals surface area contributed by atoms with Crippen molar-refractivity contribution in [1.29, 1.82) is 0 Å². The minimum absolute atomic E-state index is 0.192. The van der Waals surface area contributed by atoms with Crippen LogP contribution in [0.4, 0.5) is 5.69 Å². The van der Waals surface area contributed by atoms with Crippen molar-refractivity contribution in [1.82, 2.24) is 10.4 Å². The molecule has 1 aliphatic carbocycles. The molecule has 0 spiro atoms. The van der Waals surface area contributed by atoms with Gasteiger partial charge in [0.15, 0.2) is 0 Å². The van der Waals surface area contributed by atoms with Crippen molar-refractivity contribution in [3.63, 3.8) is 0 Å². The van der Waals surface area contributed by atoms with Gasteiger partial charge in [0.2, 0.25) is 5.88 Å². The average Bonchev–Trinajstić information content (AvgIpc) is 2.79. The van der Waals surface area contributed by atoms with E-state index in [1.807, 2.05) is 6.92 Å². The summed E-state index contributed by atoms with van der Waals surface area (Å²) in [5.41, 5.74) is 9.49. The maximum atomic E-state index is 6.20. The fourth-order valence-electron chi connectivity index (χ4n) is 2.89. The van der Waals surface area contributed by atoms with E-state index in [4.69, 9.17) is 16.3 Å². The van der Waals surface area contributed by atoms with Crippen LogP contribution in [-0.4, -0.2) is 11.1 Å². The van der Waals surface area contributed by atoms with E-state index < -0.39 is 0 Å². The van der Waals surface area contributed by atoms with E-state index in [0.717, 1.165) is 29.7 Å². The maximum absolute atomic E-state index is 6.20. The van der Waals surface area contributed by atoms with Gasteiger partial charge in [-0.2, -0.15) is 0 Å². The van der Waals surface area contributed by atoms with Gasteiger partial charge in [0.1, 0.15) is 11.3 Å². The summed E-state index contributed by atoms with van der Waals surface area (Å²) in [6, 6.07) is 0.192. The molecule has 1 unspecified atom stereocenters. The highest BCUT2D eigenvalue weighted by Crippen LogP contribution is 2.40. The van der Waals surface area contributed by atoms with E-state index >= 15 is 0 Å². The third kappa shape index (κ3) is 2.39. The molecule has 0 saturated heterocycles. The van der Waals surface area contributed by atoms with Crippen molar-refractivity contribution >= 4 is 17.3 Å². The Morgan fingerprint density at radius 3 is 2.74 bits per heavy atom. The molecule has 1 aromatic rings. The molecule has 1 saturated carbocycles. The van der Waals surface area contributed by atoms with Crippen LogP contribution in [0, 0.1) is 6.92 Å². The lowest BCUT2D eigenvalue weighted by Gasteiger charge is -2.24. The first-order chi connectivity index (χ1) is 9.16.